The van der Waals surface area contributed by atoms with Crippen LogP contribution in [-0.4, -0.2) is 75.6 Å². The molecular weight excluding hydrogens is 304 g/mol. The number of methoxy groups -OCH3 is 1. The smallest absolute Gasteiger partial charge is 0.119 e. The zero-order valence-corrected chi connectivity index (χ0v) is 14.8. The second kappa shape index (κ2) is 9.37. The molecule has 0 radical (unpaired) electrons. The van der Waals surface area contributed by atoms with Crippen LogP contribution in [0, 0.1) is 0 Å². The van der Waals surface area contributed by atoms with Crippen molar-refractivity contribution in [3.63, 3.8) is 0 Å². The fourth-order valence-corrected chi connectivity index (χ4v) is 3.39. The van der Waals surface area contributed by atoms with Crippen LogP contribution in [0.4, 0.5) is 0 Å². The molecule has 2 fully saturated rings. The van der Waals surface area contributed by atoms with E-state index in [0.717, 1.165) is 77.7 Å². The Kier molecular flexibility index (Phi) is 6.90. The number of hydrogen-bond acceptors (Lipinski definition) is 5. The molecule has 2 aliphatic rings. The predicted molar refractivity (Wildman–Crippen MR) is 94.5 cm³/mol. The quantitative estimate of drug-likeness (QED) is 0.680. The molecule has 24 heavy (non-hydrogen) atoms. The molecule has 134 valence electrons. The molecule has 0 bridgehead atoms. The van der Waals surface area contributed by atoms with Gasteiger partial charge in [-0.05, 0) is 30.5 Å². The summed E-state index contributed by atoms with van der Waals surface area (Å²) in [5, 5.41) is 0. The van der Waals surface area contributed by atoms with Gasteiger partial charge in [-0.3, -0.25) is 9.80 Å². The summed E-state index contributed by atoms with van der Waals surface area (Å²) < 4.78 is 16.7. The number of ether oxygens (including phenoxy) is 3. The molecule has 2 saturated heterocycles. The Bertz CT molecular complexity index is 474. The minimum absolute atomic E-state index is 0.402. The number of hydrogen-bond donors (Lipinski definition) is 0. The Morgan fingerprint density at radius 2 is 1.88 bits per heavy atom. The van der Waals surface area contributed by atoms with Crippen molar-refractivity contribution in [2.24, 2.45) is 0 Å². The van der Waals surface area contributed by atoms with Gasteiger partial charge in [-0.2, -0.15) is 0 Å². The molecule has 5 heteroatoms. The minimum Gasteiger partial charge on any atom is -0.494 e. The topological polar surface area (TPSA) is 34.2 Å². The average molecular weight is 334 g/mol. The van der Waals surface area contributed by atoms with Gasteiger partial charge in [-0.15, -0.1) is 0 Å². The van der Waals surface area contributed by atoms with Crippen LogP contribution in [0.25, 0.3) is 0 Å². The first-order valence-electron chi connectivity index (χ1n) is 9.10. The lowest BCUT2D eigenvalue weighted by molar-refractivity contribution is 0.0358. The molecule has 5 nitrogen and oxygen atoms in total. The van der Waals surface area contributed by atoms with Gasteiger partial charge in [-0.1, -0.05) is 12.1 Å². The molecule has 2 aliphatic heterocycles. The van der Waals surface area contributed by atoms with Crippen LogP contribution in [0.1, 0.15) is 18.4 Å². The number of morpholine rings is 1. The summed E-state index contributed by atoms with van der Waals surface area (Å²) in [6.45, 7) is 8.86. The Hall–Kier alpha value is -1.14. The van der Waals surface area contributed by atoms with E-state index in [1.54, 1.807) is 7.11 Å². The Balaban J connectivity index is 1.34. The van der Waals surface area contributed by atoms with Crippen molar-refractivity contribution in [2.75, 3.05) is 59.7 Å². The number of rotatable bonds is 8. The van der Waals surface area contributed by atoms with Crippen LogP contribution in [0.2, 0.25) is 0 Å². The lowest BCUT2D eigenvalue weighted by atomic mass is 10.2. The molecule has 0 spiro atoms. The molecule has 0 aromatic heterocycles. The highest BCUT2D eigenvalue weighted by Crippen LogP contribution is 2.18. The van der Waals surface area contributed by atoms with Crippen molar-refractivity contribution in [3.8, 4) is 5.75 Å². The number of nitrogens with zero attached hydrogens (tertiary/aromatic N) is 2. The standard InChI is InChI=1S/C19H30N2O3/c1-22-19-7-9-21(16-19)15-17-3-5-18(6-4-17)24-12-2-8-20-10-13-23-14-11-20/h3-6,19H,2,7-16H2,1H3. The van der Waals surface area contributed by atoms with E-state index in [1.165, 1.54) is 5.56 Å². The van der Waals surface area contributed by atoms with Gasteiger partial charge in [0.05, 0.1) is 25.9 Å². The zero-order chi connectivity index (χ0) is 16.6. The van der Waals surface area contributed by atoms with Gasteiger partial charge in [0.15, 0.2) is 0 Å². The summed E-state index contributed by atoms with van der Waals surface area (Å²) in [4.78, 5) is 4.89. The molecule has 0 saturated carbocycles. The fraction of sp³-hybridized carbons (Fsp3) is 0.684. The lowest BCUT2D eigenvalue weighted by Crippen LogP contribution is -2.37. The van der Waals surface area contributed by atoms with Gasteiger partial charge in [-0.25, -0.2) is 0 Å². The van der Waals surface area contributed by atoms with Crippen molar-refractivity contribution < 1.29 is 14.2 Å². The van der Waals surface area contributed by atoms with E-state index >= 15 is 0 Å². The SMILES string of the molecule is COC1CCN(Cc2ccc(OCCCN3CCOCC3)cc2)C1. The van der Waals surface area contributed by atoms with E-state index in [1.807, 2.05) is 0 Å². The van der Waals surface area contributed by atoms with E-state index in [2.05, 4.69) is 34.1 Å². The maximum Gasteiger partial charge on any atom is 0.119 e. The largest absolute Gasteiger partial charge is 0.494 e. The first kappa shape index (κ1) is 17.7. The second-order valence-corrected chi connectivity index (χ2v) is 6.68. The van der Waals surface area contributed by atoms with Crippen molar-refractivity contribution in [3.05, 3.63) is 29.8 Å². The molecule has 0 aliphatic carbocycles. The van der Waals surface area contributed by atoms with Gasteiger partial charge in [0.25, 0.3) is 0 Å². The third-order valence-corrected chi connectivity index (χ3v) is 4.88. The van der Waals surface area contributed by atoms with Crippen molar-refractivity contribution in [2.45, 2.75) is 25.5 Å². The summed E-state index contributed by atoms with van der Waals surface area (Å²) in [6, 6.07) is 8.54. The van der Waals surface area contributed by atoms with Crippen molar-refractivity contribution >= 4 is 0 Å². The van der Waals surface area contributed by atoms with E-state index in [0.29, 0.717) is 6.10 Å². The minimum atomic E-state index is 0.402. The van der Waals surface area contributed by atoms with Crippen LogP contribution in [-0.2, 0) is 16.0 Å². The highest BCUT2D eigenvalue weighted by molar-refractivity contribution is 5.27. The zero-order valence-electron chi connectivity index (χ0n) is 14.8. The first-order valence-corrected chi connectivity index (χ1v) is 9.10. The first-order chi connectivity index (χ1) is 11.8. The summed E-state index contributed by atoms with van der Waals surface area (Å²) in [7, 11) is 1.80. The van der Waals surface area contributed by atoms with Gasteiger partial charge in [0.1, 0.15) is 5.75 Å². The third-order valence-electron chi connectivity index (χ3n) is 4.88. The average Bonchev–Trinajstić information content (AvgIpc) is 3.09. The molecule has 3 rings (SSSR count). The fourth-order valence-electron chi connectivity index (χ4n) is 3.39. The monoisotopic (exact) mass is 334 g/mol. The lowest BCUT2D eigenvalue weighted by Gasteiger charge is -2.26. The van der Waals surface area contributed by atoms with Gasteiger partial charge >= 0.3 is 0 Å². The second-order valence-electron chi connectivity index (χ2n) is 6.68. The van der Waals surface area contributed by atoms with Crippen LogP contribution >= 0.6 is 0 Å². The highest BCUT2D eigenvalue weighted by Gasteiger charge is 2.21. The molecule has 0 N–H and O–H groups in total. The highest BCUT2D eigenvalue weighted by atomic mass is 16.5. The van der Waals surface area contributed by atoms with Crippen LogP contribution in [0.5, 0.6) is 5.75 Å². The molecule has 1 aromatic rings. The normalized spacial score (nSPS) is 22.8. The summed E-state index contributed by atoms with van der Waals surface area (Å²) in [6.07, 6.45) is 2.61. The molecule has 2 heterocycles. The van der Waals surface area contributed by atoms with E-state index in [-0.39, 0.29) is 0 Å². The van der Waals surface area contributed by atoms with E-state index < -0.39 is 0 Å². The number of benzene rings is 1. The molecule has 1 aromatic carbocycles. The maximum absolute atomic E-state index is 5.86. The van der Waals surface area contributed by atoms with Crippen molar-refractivity contribution in [1.82, 2.24) is 9.80 Å². The van der Waals surface area contributed by atoms with E-state index in [4.69, 9.17) is 14.2 Å². The van der Waals surface area contributed by atoms with Gasteiger partial charge in [0.2, 0.25) is 0 Å². The van der Waals surface area contributed by atoms with Crippen LogP contribution in [0.15, 0.2) is 24.3 Å². The van der Waals surface area contributed by atoms with Crippen molar-refractivity contribution in [1.29, 1.82) is 0 Å². The number of likely N-dealkylation sites (tertiary alicyclic amines) is 1. The van der Waals surface area contributed by atoms with E-state index in [9.17, 15) is 0 Å². The summed E-state index contributed by atoms with van der Waals surface area (Å²) in [5.41, 5.74) is 1.34. The van der Waals surface area contributed by atoms with Crippen LogP contribution < -0.4 is 4.74 Å². The molecule has 1 atom stereocenters. The van der Waals surface area contributed by atoms with Crippen LogP contribution in [0.3, 0.4) is 0 Å². The maximum atomic E-state index is 5.86. The molecule has 1 unspecified atom stereocenters. The molecule has 0 amide bonds. The Morgan fingerprint density at radius 1 is 1.08 bits per heavy atom. The summed E-state index contributed by atoms with van der Waals surface area (Å²) in [5.74, 6) is 0.969. The van der Waals surface area contributed by atoms with Gasteiger partial charge < -0.3 is 14.2 Å². The summed E-state index contributed by atoms with van der Waals surface area (Å²) >= 11 is 0. The third kappa shape index (κ3) is 5.45. The Morgan fingerprint density at radius 3 is 2.58 bits per heavy atom. The van der Waals surface area contributed by atoms with Gasteiger partial charge in [0, 0.05) is 46.4 Å². The predicted octanol–water partition coefficient (Wildman–Crippen LogP) is 2.01. The molecular formula is C19H30N2O3. The Labute approximate surface area is 145 Å².